The molecule has 1 radical (unpaired) electrons. The Kier molecular flexibility index (Phi) is 3.81. The molecule has 0 saturated heterocycles. The van der Waals surface area contributed by atoms with Crippen LogP contribution in [-0.4, -0.2) is 16.8 Å². The van der Waals surface area contributed by atoms with Crippen molar-refractivity contribution < 1.29 is 4.74 Å². The van der Waals surface area contributed by atoms with Gasteiger partial charge in [-0.1, -0.05) is 19.9 Å². The highest BCUT2D eigenvalue weighted by atomic mass is 16.5. The smallest absolute Gasteiger partial charge is 0.127 e. The Morgan fingerprint density at radius 1 is 1.41 bits per heavy atom. The van der Waals surface area contributed by atoms with E-state index in [4.69, 9.17) is 4.74 Å². The third-order valence-electron chi connectivity index (χ3n) is 2.56. The molecule has 0 fully saturated rings. The molecule has 1 heterocycles. The van der Waals surface area contributed by atoms with Crippen LogP contribution in [0.1, 0.15) is 20.3 Å². The van der Waals surface area contributed by atoms with Gasteiger partial charge in [0.1, 0.15) is 5.75 Å². The first kappa shape index (κ1) is 11.7. The van der Waals surface area contributed by atoms with Gasteiger partial charge in [0.05, 0.1) is 12.8 Å². The fourth-order valence-electron chi connectivity index (χ4n) is 1.52. The molecular weight excluding hydrogens is 212 g/mol. The van der Waals surface area contributed by atoms with Crippen LogP contribution < -0.4 is 4.74 Å². The lowest BCUT2D eigenvalue weighted by Gasteiger charge is -2.08. The summed E-state index contributed by atoms with van der Waals surface area (Å²) in [7, 11) is 0. The minimum Gasteiger partial charge on any atom is -0.493 e. The van der Waals surface area contributed by atoms with Crippen molar-refractivity contribution in [3.63, 3.8) is 0 Å². The molecule has 2 aromatic rings. The van der Waals surface area contributed by atoms with Crippen molar-refractivity contribution >= 4 is 0 Å². The maximum absolute atomic E-state index is 5.67. The van der Waals surface area contributed by atoms with Gasteiger partial charge in [0, 0.05) is 17.8 Å². The summed E-state index contributed by atoms with van der Waals surface area (Å²) in [5, 5.41) is 6.74. The summed E-state index contributed by atoms with van der Waals surface area (Å²) in [6, 6.07) is 8.97. The first-order valence-corrected chi connectivity index (χ1v) is 5.89. The zero-order valence-electron chi connectivity index (χ0n) is 10.2. The molecule has 0 aliphatic heterocycles. The summed E-state index contributed by atoms with van der Waals surface area (Å²) in [6.07, 6.45) is 4.73. The maximum Gasteiger partial charge on any atom is 0.127 e. The fraction of sp³-hybridized carbons (Fsp3) is 0.357. The predicted octanol–water partition coefficient (Wildman–Crippen LogP) is 3.30. The Balaban J connectivity index is 2.02. The number of benzene rings is 1. The van der Waals surface area contributed by atoms with Gasteiger partial charge in [0.15, 0.2) is 0 Å². The molecule has 0 unspecified atom stereocenters. The summed E-state index contributed by atoms with van der Waals surface area (Å²) in [6.45, 7) is 5.12. The summed E-state index contributed by atoms with van der Waals surface area (Å²) in [4.78, 5) is 0. The molecule has 1 aromatic heterocycles. The van der Waals surface area contributed by atoms with E-state index in [1.807, 2.05) is 24.4 Å². The molecule has 89 valence electrons. The average Bonchev–Trinajstić information content (AvgIpc) is 2.82. The van der Waals surface area contributed by atoms with Gasteiger partial charge < -0.3 is 4.74 Å². The maximum atomic E-state index is 5.67. The highest BCUT2D eigenvalue weighted by Crippen LogP contribution is 2.22. The van der Waals surface area contributed by atoms with Crippen LogP contribution in [0.5, 0.6) is 5.75 Å². The van der Waals surface area contributed by atoms with Gasteiger partial charge in [0.25, 0.3) is 0 Å². The number of hydrogen-bond donors (Lipinski definition) is 1. The molecule has 0 aliphatic rings. The molecular formula is C14H17N2O. The van der Waals surface area contributed by atoms with Crippen molar-refractivity contribution in [2.45, 2.75) is 20.3 Å². The second-order valence-corrected chi connectivity index (χ2v) is 4.46. The van der Waals surface area contributed by atoms with Crippen molar-refractivity contribution in [3.05, 3.63) is 36.7 Å². The van der Waals surface area contributed by atoms with Gasteiger partial charge in [0.2, 0.25) is 0 Å². The van der Waals surface area contributed by atoms with E-state index in [9.17, 15) is 0 Å². The molecule has 0 atom stereocenters. The second-order valence-electron chi connectivity index (χ2n) is 4.46. The SMILES string of the molecule is CC(C)CCOc1[c]ccc(-c2cn[nH]c2)c1. The Morgan fingerprint density at radius 2 is 2.29 bits per heavy atom. The van der Waals surface area contributed by atoms with Crippen LogP contribution in [0, 0.1) is 12.0 Å². The van der Waals surface area contributed by atoms with Crippen molar-refractivity contribution in [1.29, 1.82) is 0 Å². The number of nitrogens with one attached hydrogen (secondary N) is 1. The molecule has 2 rings (SSSR count). The van der Waals surface area contributed by atoms with E-state index in [-0.39, 0.29) is 0 Å². The summed E-state index contributed by atoms with van der Waals surface area (Å²) >= 11 is 0. The summed E-state index contributed by atoms with van der Waals surface area (Å²) in [5.41, 5.74) is 2.16. The lowest BCUT2D eigenvalue weighted by atomic mass is 10.1. The van der Waals surface area contributed by atoms with Crippen LogP contribution in [0.15, 0.2) is 30.6 Å². The van der Waals surface area contributed by atoms with Crippen LogP contribution in [0.2, 0.25) is 0 Å². The lowest BCUT2D eigenvalue weighted by Crippen LogP contribution is -2.01. The van der Waals surface area contributed by atoms with Gasteiger partial charge in [-0.3, -0.25) is 5.10 Å². The highest BCUT2D eigenvalue weighted by Gasteiger charge is 2.01. The Morgan fingerprint density at radius 3 is 3.00 bits per heavy atom. The zero-order chi connectivity index (χ0) is 12.1. The molecule has 1 N–H and O–H groups in total. The van der Waals surface area contributed by atoms with Crippen molar-refractivity contribution in [1.82, 2.24) is 10.2 Å². The number of rotatable bonds is 5. The molecule has 3 heteroatoms. The molecule has 0 saturated carbocycles. The van der Waals surface area contributed by atoms with Crippen LogP contribution in [0.3, 0.4) is 0 Å². The molecule has 0 aliphatic carbocycles. The highest BCUT2D eigenvalue weighted by molar-refractivity contribution is 5.63. The predicted molar refractivity (Wildman–Crippen MR) is 67.8 cm³/mol. The molecule has 17 heavy (non-hydrogen) atoms. The molecule has 0 bridgehead atoms. The third kappa shape index (κ3) is 3.34. The summed E-state index contributed by atoms with van der Waals surface area (Å²) in [5.74, 6) is 1.46. The van der Waals surface area contributed by atoms with Crippen LogP contribution in [0.4, 0.5) is 0 Å². The van der Waals surface area contributed by atoms with E-state index in [0.717, 1.165) is 29.9 Å². The third-order valence-corrected chi connectivity index (χ3v) is 2.56. The van der Waals surface area contributed by atoms with E-state index >= 15 is 0 Å². The van der Waals surface area contributed by atoms with Gasteiger partial charge in [-0.05, 0) is 30.0 Å². The van der Waals surface area contributed by atoms with E-state index in [1.54, 1.807) is 6.20 Å². The summed E-state index contributed by atoms with van der Waals surface area (Å²) < 4.78 is 5.67. The minimum absolute atomic E-state index is 0.659. The van der Waals surface area contributed by atoms with Gasteiger partial charge >= 0.3 is 0 Å². The molecule has 3 nitrogen and oxygen atoms in total. The quantitative estimate of drug-likeness (QED) is 0.854. The normalized spacial score (nSPS) is 10.8. The standard InChI is InChI=1S/C14H17N2O/c1-11(2)6-7-17-14-5-3-4-12(8-14)13-9-15-16-10-13/h3-4,8-11H,6-7H2,1-2H3,(H,15,16). The van der Waals surface area contributed by atoms with Crippen molar-refractivity contribution in [3.8, 4) is 16.9 Å². The van der Waals surface area contributed by atoms with Gasteiger partial charge in [-0.2, -0.15) is 5.10 Å². The molecule has 0 amide bonds. The number of aromatic amines is 1. The average molecular weight is 229 g/mol. The van der Waals surface area contributed by atoms with Crippen LogP contribution in [0.25, 0.3) is 11.1 Å². The zero-order valence-corrected chi connectivity index (χ0v) is 10.2. The van der Waals surface area contributed by atoms with Crippen molar-refractivity contribution in [2.75, 3.05) is 6.61 Å². The molecule has 1 aromatic carbocycles. The Hall–Kier alpha value is -1.77. The Bertz CT molecular complexity index is 449. The van der Waals surface area contributed by atoms with E-state index < -0.39 is 0 Å². The van der Waals surface area contributed by atoms with Crippen LogP contribution in [-0.2, 0) is 0 Å². The fourth-order valence-corrected chi connectivity index (χ4v) is 1.52. The number of hydrogen-bond acceptors (Lipinski definition) is 2. The number of ether oxygens (including phenoxy) is 1. The van der Waals surface area contributed by atoms with Gasteiger partial charge in [-0.15, -0.1) is 0 Å². The van der Waals surface area contributed by atoms with Crippen LogP contribution >= 0.6 is 0 Å². The minimum atomic E-state index is 0.659. The first-order valence-electron chi connectivity index (χ1n) is 5.89. The number of nitrogens with zero attached hydrogens (tertiary/aromatic N) is 1. The number of H-pyrrole nitrogens is 1. The van der Waals surface area contributed by atoms with E-state index in [1.165, 1.54) is 0 Å². The Labute approximate surface area is 102 Å². The molecule has 0 spiro atoms. The lowest BCUT2D eigenvalue weighted by molar-refractivity contribution is 0.289. The van der Waals surface area contributed by atoms with Gasteiger partial charge in [-0.25, -0.2) is 0 Å². The largest absolute Gasteiger partial charge is 0.493 e. The van der Waals surface area contributed by atoms with E-state index in [2.05, 4.69) is 30.1 Å². The van der Waals surface area contributed by atoms with Crippen molar-refractivity contribution in [2.24, 2.45) is 5.92 Å². The monoisotopic (exact) mass is 229 g/mol. The topological polar surface area (TPSA) is 37.9 Å². The van der Waals surface area contributed by atoms with E-state index in [0.29, 0.717) is 5.92 Å². The second kappa shape index (κ2) is 5.53. The first-order chi connectivity index (χ1) is 8.25. The number of aromatic nitrogens is 2.